The van der Waals surface area contributed by atoms with Gasteiger partial charge in [-0.1, -0.05) is 19.1 Å². The highest BCUT2D eigenvalue weighted by atomic mass is 16.5. The minimum absolute atomic E-state index is 0.0592. The molecule has 1 aromatic rings. The van der Waals surface area contributed by atoms with E-state index in [4.69, 9.17) is 4.74 Å². The normalized spacial score (nSPS) is 10.7. The Labute approximate surface area is 127 Å². The summed E-state index contributed by atoms with van der Waals surface area (Å²) in [5.74, 6) is 0.715. The molecule has 0 bridgehead atoms. The Kier molecular flexibility index (Phi) is 7.02. The van der Waals surface area contributed by atoms with Crippen molar-refractivity contribution >= 4 is 5.91 Å². The van der Waals surface area contributed by atoms with Crippen LogP contribution in [0.25, 0.3) is 0 Å². The van der Waals surface area contributed by atoms with Crippen LogP contribution in [0.5, 0.6) is 11.5 Å². The highest BCUT2D eigenvalue weighted by Crippen LogP contribution is 2.30. The SMILES string of the molecule is CCCN(CC(=O)N(C)C)Cc1cccc(OCC)c1O. The molecular formula is C16H26N2O3. The molecule has 0 aliphatic carbocycles. The highest BCUT2D eigenvalue weighted by Gasteiger charge is 2.15. The molecule has 0 radical (unpaired) electrons. The van der Waals surface area contributed by atoms with Crippen molar-refractivity contribution in [3.63, 3.8) is 0 Å². The standard InChI is InChI=1S/C16H26N2O3/c1-5-10-18(12-15(19)17(3)4)11-13-8-7-9-14(16(13)20)21-6-2/h7-9,20H,5-6,10-12H2,1-4H3. The number of carbonyl (C=O) groups excluding carboxylic acids is 1. The average molecular weight is 294 g/mol. The van der Waals surface area contributed by atoms with Gasteiger partial charge in [0.2, 0.25) is 5.91 Å². The molecule has 0 saturated carbocycles. The van der Waals surface area contributed by atoms with Gasteiger partial charge in [0, 0.05) is 26.2 Å². The van der Waals surface area contributed by atoms with E-state index in [1.807, 2.05) is 24.0 Å². The summed E-state index contributed by atoms with van der Waals surface area (Å²) in [7, 11) is 3.50. The first-order chi connectivity index (χ1) is 9.99. The minimum Gasteiger partial charge on any atom is -0.504 e. The number of phenolic OH excluding ortho intramolecular Hbond substituents is 1. The fourth-order valence-electron chi connectivity index (χ4n) is 2.07. The average Bonchev–Trinajstić information content (AvgIpc) is 2.43. The van der Waals surface area contributed by atoms with E-state index >= 15 is 0 Å². The van der Waals surface area contributed by atoms with E-state index in [-0.39, 0.29) is 11.7 Å². The lowest BCUT2D eigenvalue weighted by Gasteiger charge is -2.23. The molecule has 0 saturated heterocycles. The molecule has 1 rings (SSSR count). The van der Waals surface area contributed by atoms with Crippen molar-refractivity contribution in [3.05, 3.63) is 23.8 Å². The zero-order valence-electron chi connectivity index (χ0n) is 13.4. The smallest absolute Gasteiger partial charge is 0.236 e. The van der Waals surface area contributed by atoms with Gasteiger partial charge in [0.25, 0.3) is 0 Å². The molecule has 0 aromatic heterocycles. The molecule has 0 aliphatic rings. The molecule has 1 N–H and O–H groups in total. The van der Waals surface area contributed by atoms with Gasteiger partial charge in [-0.2, -0.15) is 0 Å². The summed E-state index contributed by atoms with van der Waals surface area (Å²) in [4.78, 5) is 15.5. The van der Waals surface area contributed by atoms with E-state index in [1.54, 1.807) is 25.1 Å². The number of rotatable bonds is 8. The van der Waals surface area contributed by atoms with Gasteiger partial charge < -0.3 is 14.7 Å². The van der Waals surface area contributed by atoms with E-state index < -0.39 is 0 Å². The van der Waals surface area contributed by atoms with Gasteiger partial charge in [-0.15, -0.1) is 0 Å². The molecule has 5 nitrogen and oxygen atoms in total. The number of nitrogens with zero attached hydrogens (tertiary/aromatic N) is 2. The second-order valence-electron chi connectivity index (χ2n) is 5.20. The first-order valence-electron chi connectivity index (χ1n) is 7.35. The second-order valence-corrected chi connectivity index (χ2v) is 5.20. The zero-order chi connectivity index (χ0) is 15.8. The molecule has 0 aliphatic heterocycles. The molecule has 118 valence electrons. The topological polar surface area (TPSA) is 53.0 Å². The van der Waals surface area contributed by atoms with E-state index in [1.165, 1.54) is 0 Å². The molecule has 0 fully saturated rings. The molecule has 1 amide bonds. The lowest BCUT2D eigenvalue weighted by molar-refractivity contribution is -0.130. The van der Waals surface area contributed by atoms with E-state index in [9.17, 15) is 9.90 Å². The van der Waals surface area contributed by atoms with Gasteiger partial charge in [0.15, 0.2) is 11.5 Å². The maximum Gasteiger partial charge on any atom is 0.236 e. The first kappa shape index (κ1) is 17.3. The lowest BCUT2D eigenvalue weighted by atomic mass is 10.1. The van der Waals surface area contributed by atoms with Gasteiger partial charge in [0.05, 0.1) is 13.2 Å². The number of carbonyl (C=O) groups is 1. The Morgan fingerprint density at radius 2 is 2.00 bits per heavy atom. The third-order valence-electron chi connectivity index (χ3n) is 3.17. The number of para-hydroxylation sites is 1. The molecule has 0 spiro atoms. The third kappa shape index (κ3) is 5.27. The van der Waals surface area contributed by atoms with Crippen LogP contribution in [0.1, 0.15) is 25.8 Å². The van der Waals surface area contributed by atoms with Crippen molar-refractivity contribution in [2.45, 2.75) is 26.8 Å². The molecule has 5 heteroatoms. The van der Waals surface area contributed by atoms with Gasteiger partial charge in [0.1, 0.15) is 0 Å². The van der Waals surface area contributed by atoms with Crippen LogP contribution in [0.15, 0.2) is 18.2 Å². The van der Waals surface area contributed by atoms with Crippen molar-refractivity contribution in [1.82, 2.24) is 9.80 Å². The summed E-state index contributed by atoms with van der Waals surface area (Å²) in [6.45, 7) is 6.14. The quantitative estimate of drug-likeness (QED) is 0.797. The predicted octanol–water partition coefficient (Wildman–Crippen LogP) is 2.09. The number of aromatic hydroxyl groups is 1. The molecule has 0 atom stereocenters. The number of likely N-dealkylation sites (N-methyl/N-ethyl adjacent to an activating group) is 1. The Balaban J connectivity index is 2.83. The van der Waals surface area contributed by atoms with E-state index in [0.717, 1.165) is 18.5 Å². The maximum atomic E-state index is 11.9. The van der Waals surface area contributed by atoms with E-state index in [0.29, 0.717) is 25.4 Å². The van der Waals surface area contributed by atoms with Gasteiger partial charge in [-0.3, -0.25) is 9.69 Å². The number of ether oxygens (including phenoxy) is 1. The Morgan fingerprint density at radius 3 is 2.57 bits per heavy atom. The molecule has 0 heterocycles. The van der Waals surface area contributed by atoms with Crippen molar-refractivity contribution < 1.29 is 14.6 Å². The van der Waals surface area contributed by atoms with Crippen LogP contribution in [0.4, 0.5) is 0 Å². The second kappa shape index (κ2) is 8.52. The van der Waals surface area contributed by atoms with Crippen molar-refractivity contribution in [3.8, 4) is 11.5 Å². The fourth-order valence-corrected chi connectivity index (χ4v) is 2.07. The summed E-state index contributed by atoms with van der Waals surface area (Å²) < 4.78 is 5.39. The minimum atomic E-state index is 0.0592. The van der Waals surface area contributed by atoms with Crippen molar-refractivity contribution in [2.24, 2.45) is 0 Å². The Hall–Kier alpha value is -1.75. The lowest BCUT2D eigenvalue weighted by Crippen LogP contribution is -2.36. The van der Waals surface area contributed by atoms with Crippen LogP contribution >= 0.6 is 0 Å². The first-order valence-corrected chi connectivity index (χ1v) is 7.35. The highest BCUT2D eigenvalue weighted by molar-refractivity contribution is 5.77. The van der Waals surface area contributed by atoms with Crippen LogP contribution in [0, 0.1) is 0 Å². The fraction of sp³-hybridized carbons (Fsp3) is 0.562. The largest absolute Gasteiger partial charge is 0.504 e. The van der Waals surface area contributed by atoms with Crippen LogP contribution in [0.2, 0.25) is 0 Å². The predicted molar refractivity (Wildman–Crippen MR) is 83.5 cm³/mol. The molecule has 0 unspecified atom stereocenters. The van der Waals surface area contributed by atoms with Crippen LogP contribution < -0.4 is 4.74 Å². The summed E-state index contributed by atoms with van der Waals surface area (Å²) in [6, 6.07) is 5.47. The zero-order valence-corrected chi connectivity index (χ0v) is 13.4. The maximum absolute atomic E-state index is 11.9. The molecule has 21 heavy (non-hydrogen) atoms. The summed E-state index contributed by atoms with van der Waals surface area (Å²) in [5, 5.41) is 10.2. The van der Waals surface area contributed by atoms with Gasteiger partial charge in [-0.05, 0) is 26.0 Å². The monoisotopic (exact) mass is 294 g/mol. The van der Waals surface area contributed by atoms with Crippen LogP contribution in [-0.4, -0.2) is 54.6 Å². The summed E-state index contributed by atoms with van der Waals surface area (Å²) >= 11 is 0. The number of phenols is 1. The number of benzene rings is 1. The Morgan fingerprint density at radius 1 is 1.29 bits per heavy atom. The molecule has 1 aromatic carbocycles. The number of hydrogen-bond acceptors (Lipinski definition) is 4. The van der Waals surface area contributed by atoms with Crippen LogP contribution in [0.3, 0.4) is 0 Å². The van der Waals surface area contributed by atoms with Gasteiger partial charge >= 0.3 is 0 Å². The summed E-state index contributed by atoms with van der Waals surface area (Å²) in [6.07, 6.45) is 0.951. The third-order valence-corrected chi connectivity index (χ3v) is 3.17. The Bertz CT molecular complexity index is 461. The van der Waals surface area contributed by atoms with Gasteiger partial charge in [-0.25, -0.2) is 0 Å². The number of hydrogen-bond donors (Lipinski definition) is 1. The van der Waals surface area contributed by atoms with Crippen LogP contribution in [-0.2, 0) is 11.3 Å². The summed E-state index contributed by atoms with van der Waals surface area (Å²) in [5.41, 5.74) is 0.779. The van der Waals surface area contributed by atoms with Crippen molar-refractivity contribution in [2.75, 3.05) is 33.8 Å². The molecular weight excluding hydrogens is 268 g/mol. The van der Waals surface area contributed by atoms with E-state index in [2.05, 4.69) is 6.92 Å². The number of amides is 1. The van der Waals surface area contributed by atoms with Crippen molar-refractivity contribution in [1.29, 1.82) is 0 Å².